The normalized spacial score (nSPS) is 13.6. The lowest BCUT2D eigenvalue weighted by molar-refractivity contribution is -0.681. The second-order valence-corrected chi connectivity index (χ2v) is 13.8. The number of aromatic nitrogens is 6. The summed E-state index contributed by atoms with van der Waals surface area (Å²) in [6.07, 6.45) is 11.3. The highest BCUT2D eigenvalue weighted by atomic mass is 15.2. The molecule has 1 unspecified atom stereocenters. The third kappa shape index (κ3) is 4.73. The van der Waals surface area contributed by atoms with Crippen molar-refractivity contribution < 1.29 is 9.13 Å². The summed E-state index contributed by atoms with van der Waals surface area (Å²) in [5.41, 5.74) is 11.0. The first-order valence-corrected chi connectivity index (χ1v) is 14.8. The van der Waals surface area contributed by atoms with Gasteiger partial charge in [0, 0.05) is 41.1 Å². The topological polar surface area (TPSA) is 33.9 Å². The maximum absolute atomic E-state index is 4.70. The molecule has 0 saturated carbocycles. The van der Waals surface area contributed by atoms with Crippen molar-refractivity contribution in [2.24, 2.45) is 0 Å². The standard InChI is InChI=1S/C35H44N6/c1-24-15-16-39-29(34(5,6)7)21-38(33(39)17-24)23-35(8,9)30-22-37(32-14-13-25(2)19-40(30)32)20-26(3)28-18-36-31-12-10-11-27(4)41(28)31/h10-19,21-22,26H,20,23H2,1-9H3/q+2. The Bertz CT molecular complexity index is 1910. The van der Waals surface area contributed by atoms with E-state index in [1.54, 1.807) is 0 Å². The molecule has 0 bridgehead atoms. The van der Waals surface area contributed by atoms with Crippen LogP contribution in [-0.4, -0.2) is 18.2 Å². The first-order valence-electron chi connectivity index (χ1n) is 14.8. The van der Waals surface area contributed by atoms with Crippen LogP contribution in [0, 0.1) is 20.8 Å². The summed E-state index contributed by atoms with van der Waals surface area (Å²) in [5.74, 6) is 0.293. The molecule has 6 aromatic rings. The quantitative estimate of drug-likeness (QED) is 0.221. The SMILES string of the molecule is Cc1ccn2c(C(C)(C)C)c[n+](CC(C)(C)c3c[n+](CC(C)c4cnc5cccc(C)n45)c4ccc(C)cn34)c2c1. The second kappa shape index (κ2) is 9.57. The van der Waals surface area contributed by atoms with E-state index in [1.165, 1.54) is 45.2 Å². The van der Waals surface area contributed by atoms with Crippen LogP contribution < -0.4 is 9.13 Å². The van der Waals surface area contributed by atoms with Crippen LogP contribution in [0.15, 0.2) is 73.4 Å². The van der Waals surface area contributed by atoms with Gasteiger partial charge in [-0.15, -0.1) is 0 Å². The van der Waals surface area contributed by atoms with Crippen molar-refractivity contribution in [1.29, 1.82) is 0 Å². The molecule has 0 fully saturated rings. The molecule has 41 heavy (non-hydrogen) atoms. The summed E-state index contributed by atoms with van der Waals surface area (Å²) in [4.78, 5) is 4.70. The van der Waals surface area contributed by atoms with Crippen molar-refractivity contribution in [3.05, 3.63) is 107 Å². The molecule has 6 nitrogen and oxygen atoms in total. The molecule has 0 N–H and O–H groups in total. The molecular formula is C35H44N6+2. The maximum Gasteiger partial charge on any atom is 0.286 e. The van der Waals surface area contributed by atoms with Gasteiger partial charge in [0.1, 0.15) is 24.6 Å². The highest BCUT2D eigenvalue weighted by molar-refractivity contribution is 5.43. The van der Waals surface area contributed by atoms with Gasteiger partial charge in [0.05, 0.1) is 24.4 Å². The monoisotopic (exact) mass is 548 g/mol. The average molecular weight is 549 g/mol. The zero-order valence-electron chi connectivity index (χ0n) is 26.1. The molecule has 212 valence electrons. The number of hydrogen-bond acceptors (Lipinski definition) is 1. The zero-order chi connectivity index (χ0) is 29.3. The highest BCUT2D eigenvalue weighted by Crippen LogP contribution is 2.28. The minimum atomic E-state index is -0.128. The third-order valence-corrected chi connectivity index (χ3v) is 8.58. The van der Waals surface area contributed by atoms with Gasteiger partial charge in [0.2, 0.25) is 0 Å². The van der Waals surface area contributed by atoms with E-state index in [0.717, 1.165) is 18.7 Å². The minimum Gasteiger partial charge on any atom is -0.301 e. The Morgan fingerprint density at radius 1 is 0.829 bits per heavy atom. The lowest BCUT2D eigenvalue weighted by atomic mass is 9.89. The Labute approximate surface area is 243 Å². The van der Waals surface area contributed by atoms with E-state index in [0.29, 0.717) is 5.92 Å². The van der Waals surface area contributed by atoms with E-state index in [4.69, 9.17) is 4.98 Å². The minimum absolute atomic E-state index is 0.0434. The van der Waals surface area contributed by atoms with Crippen molar-refractivity contribution in [3.63, 3.8) is 0 Å². The number of pyridine rings is 3. The summed E-state index contributed by atoms with van der Waals surface area (Å²) >= 11 is 0. The van der Waals surface area contributed by atoms with Gasteiger partial charge in [-0.1, -0.05) is 33.8 Å². The molecule has 0 aliphatic heterocycles. The van der Waals surface area contributed by atoms with Crippen LogP contribution >= 0.6 is 0 Å². The first kappa shape index (κ1) is 27.3. The summed E-state index contributed by atoms with van der Waals surface area (Å²) in [6.45, 7) is 22.2. The molecule has 0 aliphatic carbocycles. The fourth-order valence-electron chi connectivity index (χ4n) is 6.39. The number of nitrogens with zero attached hydrogens (tertiary/aromatic N) is 6. The molecule has 0 amide bonds. The van der Waals surface area contributed by atoms with Crippen LogP contribution in [0.1, 0.15) is 81.4 Å². The van der Waals surface area contributed by atoms with Crippen molar-refractivity contribution in [2.75, 3.05) is 0 Å². The van der Waals surface area contributed by atoms with Crippen LogP contribution in [0.2, 0.25) is 0 Å². The van der Waals surface area contributed by atoms with Crippen molar-refractivity contribution in [2.45, 2.75) is 92.2 Å². The lowest BCUT2D eigenvalue weighted by Crippen LogP contribution is -2.43. The van der Waals surface area contributed by atoms with Crippen molar-refractivity contribution >= 4 is 16.9 Å². The molecule has 6 heterocycles. The Hall–Kier alpha value is -3.93. The molecule has 0 spiro atoms. The summed E-state index contributed by atoms with van der Waals surface area (Å²) in [7, 11) is 0. The van der Waals surface area contributed by atoms with Crippen molar-refractivity contribution in [3.8, 4) is 0 Å². The second-order valence-electron chi connectivity index (χ2n) is 13.8. The fourth-order valence-corrected chi connectivity index (χ4v) is 6.39. The number of fused-ring (bicyclic) bond motifs is 3. The Morgan fingerprint density at radius 2 is 1.59 bits per heavy atom. The van der Waals surface area contributed by atoms with Gasteiger partial charge in [-0.3, -0.25) is 0 Å². The molecular weight excluding hydrogens is 504 g/mol. The number of hydrogen-bond donors (Lipinski definition) is 0. The molecule has 0 saturated heterocycles. The number of imidazole rings is 3. The predicted octanol–water partition coefficient (Wildman–Crippen LogP) is 6.42. The van der Waals surface area contributed by atoms with Gasteiger partial charge < -0.3 is 4.40 Å². The van der Waals surface area contributed by atoms with E-state index in [2.05, 4.69) is 152 Å². The summed E-state index contributed by atoms with van der Waals surface area (Å²) in [5, 5.41) is 0. The van der Waals surface area contributed by atoms with Gasteiger partial charge in [-0.2, -0.15) is 8.80 Å². The van der Waals surface area contributed by atoms with Crippen LogP contribution in [0.5, 0.6) is 0 Å². The van der Waals surface area contributed by atoms with E-state index >= 15 is 0 Å². The molecule has 0 radical (unpaired) electrons. The maximum atomic E-state index is 4.70. The summed E-state index contributed by atoms with van der Waals surface area (Å²) in [6, 6.07) is 15.3. The first-order chi connectivity index (χ1) is 19.3. The van der Waals surface area contributed by atoms with E-state index in [-0.39, 0.29) is 10.8 Å². The average Bonchev–Trinajstić information content (AvgIpc) is 3.58. The van der Waals surface area contributed by atoms with Gasteiger partial charge in [-0.05, 0) is 70.0 Å². The number of rotatable bonds is 6. The van der Waals surface area contributed by atoms with E-state index < -0.39 is 0 Å². The van der Waals surface area contributed by atoms with Gasteiger partial charge >= 0.3 is 0 Å². The molecule has 1 atom stereocenters. The Balaban J connectivity index is 1.42. The van der Waals surface area contributed by atoms with Crippen LogP contribution in [0.4, 0.5) is 0 Å². The molecule has 6 rings (SSSR count). The fraction of sp³-hybridized carbons (Fsp3) is 0.400. The lowest BCUT2D eigenvalue weighted by Gasteiger charge is -2.19. The highest BCUT2D eigenvalue weighted by Gasteiger charge is 2.36. The van der Waals surface area contributed by atoms with Gasteiger partial charge in [-0.25, -0.2) is 14.1 Å². The van der Waals surface area contributed by atoms with Crippen LogP contribution in [0.3, 0.4) is 0 Å². The molecule has 6 heteroatoms. The Morgan fingerprint density at radius 3 is 2.34 bits per heavy atom. The molecule has 0 aliphatic rings. The van der Waals surface area contributed by atoms with Crippen molar-refractivity contribution in [1.82, 2.24) is 18.2 Å². The van der Waals surface area contributed by atoms with Gasteiger partial charge in [0.25, 0.3) is 11.3 Å². The van der Waals surface area contributed by atoms with E-state index in [1.807, 2.05) is 6.20 Å². The van der Waals surface area contributed by atoms with Crippen LogP contribution in [0.25, 0.3) is 16.9 Å². The van der Waals surface area contributed by atoms with Crippen LogP contribution in [-0.2, 0) is 23.9 Å². The smallest absolute Gasteiger partial charge is 0.286 e. The largest absolute Gasteiger partial charge is 0.301 e. The number of aryl methyl sites for hydroxylation is 3. The third-order valence-electron chi connectivity index (χ3n) is 8.58. The van der Waals surface area contributed by atoms with E-state index in [9.17, 15) is 0 Å². The summed E-state index contributed by atoms with van der Waals surface area (Å²) < 4.78 is 12.0. The molecule has 0 aromatic carbocycles. The zero-order valence-corrected chi connectivity index (χ0v) is 26.1. The molecule has 6 aromatic heterocycles. The predicted molar refractivity (Wildman–Crippen MR) is 165 cm³/mol. The van der Waals surface area contributed by atoms with Gasteiger partial charge in [0.15, 0.2) is 11.4 Å². The Kier molecular flexibility index (Phi) is 6.36.